The van der Waals surface area contributed by atoms with E-state index in [0.29, 0.717) is 10.8 Å². The van der Waals surface area contributed by atoms with E-state index in [-0.39, 0.29) is 0 Å². The van der Waals surface area contributed by atoms with Crippen LogP contribution in [0.1, 0.15) is 30.6 Å². The molecule has 1 heterocycles. The molecule has 0 bridgehead atoms. The first kappa shape index (κ1) is 19.0. The number of hydrogen-bond donors (Lipinski definition) is 2. The summed E-state index contributed by atoms with van der Waals surface area (Å²) in [5, 5.41) is 3.07. The first-order valence-corrected chi connectivity index (χ1v) is 11.0. The minimum atomic E-state index is -3.32. The minimum absolute atomic E-state index is 0.427. The van der Waals surface area contributed by atoms with Gasteiger partial charge in [0.15, 0.2) is 0 Å². The first-order chi connectivity index (χ1) is 10.1. The van der Waals surface area contributed by atoms with Gasteiger partial charge in [-0.3, -0.25) is 0 Å². The SMILES string of the molecule is CNCCc1ccc(S(=O)(=O)NCCCCCCSC)s1. The quantitative estimate of drug-likeness (QED) is 0.569. The third-order valence-corrected chi connectivity index (χ3v) is 6.89. The Morgan fingerprint density at radius 3 is 2.62 bits per heavy atom. The van der Waals surface area contributed by atoms with Gasteiger partial charge in [0.2, 0.25) is 10.0 Å². The summed E-state index contributed by atoms with van der Waals surface area (Å²) < 4.78 is 27.4. The smallest absolute Gasteiger partial charge is 0.250 e. The molecule has 0 aliphatic rings. The monoisotopic (exact) mass is 350 g/mol. The average molecular weight is 351 g/mol. The summed E-state index contributed by atoms with van der Waals surface area (Å²) in [6, 6.07) is 3.61. The van der Waals surface area contributed by atoms with E-state index in [0.717, 1.165) is 30.7 Å². The highest BCUT2D eigenvalue weighted by atomic mass is 32.2. The molecular weight excluding hydrogens is 324 g/mol. The van der Waals surface area contributed by atoms with Gasteiger partial charge in [-0.2, -0.15) is 11.8 Å². The van der Waals surface area contributed by atoms with Crippen LogP contribution in [0.2, 0.25) is 0 Å². The molecule has 0 atom stereocenters. The Balaban J connectivity index is 2.31. The van der Waals surface area contributed by atoms with Crippen molar-refractivity contribution in [1.82, 2.24) is 10.0 Å². The molecule has 0 radical (unpaired) electrons. The molecule has 0 amide bonds. The van der Waals surface area contributed by atoms with Gasteiger partial charge in [-0.05, 0) is 57.0 Å². The Bertz CT molecular complexity index is 486. The summed E-state index contributed by atoms with van der Waals surface area (Å²) in [4.78, 5) is 1.10. The Labute approximate surface area is 137 Å². The Morgan fingerprint density at radius 1 is 1.14 bits per heavy atom. The molecule has 0 aliphatic heterocycles. The zero-order chi connectivity index (χ0) is 15.6. The van der Waals surface area contributed by atoms with E-state index in [4.69, 9.17) is 0 Å². The van der Waals surface area contributed by atoms with Gasteiger partial charge in [-0.15, -0.1) is 11.3 Å². The van der Waals surface area contributed by atoms with Gasteiger partial charge < -0.3 is 5.32 Å². The molecule has 0 aromatic carbocycles. The van der Waals surface area contributed by atoms with E-state index in [1.54, 1.807) is 6.07 Å². The standard InChI is InChI=1S/C14H26N2O2S3/c1-15-11-9-13-7-8-14(20-13)21(17,18)16-10-5-3-4-6-12-19-2/h7-8,15-16H,3-6,9-12H2,1-2H3. The second-order valence-electron chi connectivity index (χ2n) is 4.88. The highest BCUT2D eigenvalue weighted by molar-refractivity contribution is 7.98. The third kappa shape index (κ3) is 7.65. The highest BCUT2D eigenvalue weighted by Gasteiger charge is 2.15. The average Bonchev–Trinajstić information content (AvgIpc) is 2.94. The van der Waals surface area contributed by atoms with Crippen LogP contribution in [0.3, 0.4) is 0 Å². The lowest BCUT2D eigenvalue weighted by Gasteiger charge is -2.04. The number of hydrogen-bond acceptors (Lipinski definition) is 5. The van der Waals surface area contributed by atoms with E-state index in [9.17, 15) is 8.42 Å². The molecule has 0 saturated heterocycles. The molecule has 21 heavy (non-hydrogen) atoms. The largest absolute Gasteiger partial charge is 0.319 e. The molecule has 0 fully saturated rings. The molecule has 122 valence electrons. The van der Waals surface area contributed by atoms with Crippen molar-refractivity contribution in [3.05, 3.63) is 17.0 Å². The summed E-state index contributed by atoms with van der Waals surface area (Å²) in [6.07, 6.45) is 7.36. The molecule has 0 spiro atoms. The summed E-state index contributed by atoms with van der Waals surface area (Å²) in [5.74, 6) is 1.19. The predicted octanol–water partition coefficient (Wildman–Crippen LogP) is 2.71. The van der Waals surface area contributed by atoms with Crippen molar-refractivity contribution in [3.63, 3.8) is 0 Å². The number of nitrogens with one attached hydrogen (secondary N) is 2. The van der Waals surface area contributed by atoms with Crippen molar-refractivity contribution >= 4 is 33.1 Å². The minimum Gasteiger partial charge on any atom is -0.319 e. The molecule has 1 rings (SSSR count). The van der Waals surface area contributed by atoms with Gasteiger partial charge in [0, 0.05) is 11.4 Å². The fourth-order valence-electron chi connectivity index (χ4n) is 1.89. The van der Waals surface area contributed by atoms with E-state index < -0.39 is 10.0 Å². The molecule has 0 aliphatic carbocycles. The number of sulfonamides is 1. The molecule has 7 heteroatoms. The van der Waals surface area contributed by atoms with Gasteiger partial charge in [-0.25, -0.2) is 13.1 Å². The van der Waals surface area contributed by atoms with Gasteiger partial charge in [-0.1, -0.05) is 12.8 Å². The van der Waals surface area contributed by atoms with Crippen LogP contribution < -0.4 is 10.0 Å². The Hall–Kier alpha value is -0.0800. The van der Waals surface area contributed by atoms with Crippen molar-refractivity contribution in [2.45, 2.75) is 36.3 Å². The Morgan fingerprint density at radius 2 is 1.90 bits per heavy atom. The molecular formula is C14H26N2O2S3. The first-order valence-electron chi connectivity index (χ1n) is 7.32. The van der Waals surface area contributed by atoms with E-state index in [2.05, 4.69) is 16.3 Å². The van der Waals surface area contributed by atoms with Crippen LogP contribution in [0.5, 0.6) is 0 Å². The fourth-order valence-corrected chi connectivity index (χ4v) is 4.85. The zero-order valence-electron chi connectivity index (χ0n) is 12.9. The van der Waals surface area contributed by atoms with Gasteiger partial charge in [0.05, 0.1) is 0 Å². The number of thiophene rings is 1. The van der Waals surface area contributed by atoms with Crippen LogP contribution in [0.15, 0.2) is 16.3 Å². The Kier molecular flexibility index (Phi) is 9.59. The molecule has 1 aromatic rings. The normalized spacial score (nSPS) is 11.9. The molecule has 0 saturated carbocycles. The number of likely N-dealkylation sites (N-methyl/N-ethyl adjacent to an activating group) is 1. The van der Waals surface area contributed by atoms with Crippen LogP contribution in [0, 0.1) is 0 Å². The fraction of sp³-hybridized carbons (Fsp3) is 0.714. The van der Waals surface area contributed by atoms with E-state index in [1.165, 1.54) is 29.9 Å². The molecule has 1 aromatic heterocycles. The zero-order valence-corrected chi connectivity index (χ0v) is 15.3. The molecule has 2 N–H and O–H groups in total. The summed E-state index contributed by atoms with van der Waals surface area (Å²) >= 11 is 3.22. The maximum Gasteiger partial charge on any atom is 0.250 e. The lowest BCUT2D eigenvalue weighted by molar-refractivity contribution is 0.576. The van der Waals surface area contributed by atoms with Gasteiger partial charge >= 0.3 is 0 Å². The second kappa shape index (κ2) is 10.6. The number of unbranched alkanes of at least 4 members (excludes halogenated alkanes) is 3. The van der Waals surface area contributed by atoms with Crippen molar-refractivity contribution in [2.24, 2.45) is 0 Å². The van der Waals surface area contributed by atoms with E-state index in [1.807, 2.05) is 24.9 Å². The van der Waals surface area contributed by atoms with Crippen LogP contribution in [0.25, 0.3) is 0 Å². The predicted molar refractivity (Wildman–Crippen MR) is 94.0 cm³/mol. The van der Waals surface area contributed by atoms with Crippen LogP contribution in [0.4, 0.5) is 0 Å². The van der Waals surface area contributed by atoms with Crippen molar-refractivity contribution in [1.29, 1.82) is 0 Å². The van der Waals surface area contributed by atoms with Gasteiger partial charge in [0.1, 0.15) is 4.21 Å². The van der Waals surface area contributed by atoms with Gasteiger partial charge in [0.25, 0.3) is 0 Å². The summed E-state index contributed by atoms with van der Waals surface area (Å²) in [5.41, 5.74) is 0. The lowest BCUT2D eigenvalue weighted by atomic mass is 10.2. The second-order valence-corrected chi connectivity index (χ2v) is 9.03. The summed E-state index contributed by atoms with van der Waals surface area (Å²) in [6.45, 7) is 1.40. The molecule has 0 unspecified atom stereocenters. The summed E-state index contributed by atoms with van der Waals surface area (Å²) in [7, 11) is -1.42. The third-order valence-electron chi connectivity index (χ3n) is 3.09. The number of thioether (sulfide) groups is 1. The van der Waals surface area contributed by atoms with Crippen LogP contribution in [-0.2, 0) is 16.4 Å². The van der Waals surface area contributed by atoms with Crippen molar-refractivity contribution in [2.75, 3.05) is 32.1 Å². The number of rotatable bonds is 12. The van der Waals surface area contributed by atoms with Crippen molar-refractivity contribution in [3.8, 4) is 0 Å². The molecule has 4 nitrogen and oxygen atoms in total. The van der Waals surface area contributed by atoms with Crippen LogP contribution in [-0.4, -0.2) is 40.6 Å². The lowest BCUT2D eigenvalue weighted by Crippen LogP contribution is -2.23. The van der Waals surface area contributed by atoms with E-state index >= 15 is 0 Å². The van der Waals surface area contributed by atoms with Crippen LogP contribution >= 0.6 is 23.1 Å². The maximum atomic E-state index is 12.1. The van der Waals surface area contributed by atoms with Crippen molar-refractivity contribution < 1.29 is 8.42 Å². The topological polar surface area (TPSA) is 58.2 Å². The highest BCUT2D eigenvalue weighted by Crippen LogP contribution is 2.21. The maximum absolute atomic E-state index is 12.1.